The summed E-state index contributed by atoms with van der Waals surface area (Å²) in [5.41, 5.74) is 0.571. The third kappa shape index (κ3) is 2.94. The molecule has 0 fully saturated rings. The summed E-state index contributed by atoms with van der Waals surface area (Å²) >= 11 is 0. The third-order valence-corrected chi connectivity index (χ3v) is 4.56. The molecule has 2 heterocycles. The minimum absolute atomic E-state index is 0.0591. The lowest BCUT2D eigenvalue weighted by Crippen LogP contribution is -2.37. The third-order valence-electron chi connectivity index (χ3n) is 4.56. The van der Waals surface area contributed by atoms with Crippen molar-refractivity contribution in [3.63, 3.8) is 0 Å². The van der Waals surface area contributed by atoms with E-state index in [4.69, 9.17) is 9.47 Å². The SMILES string of the molecule is Cc1[nH]c2cc3c(cc2c(=O)c1C(=O)NC(C(=O)O)c1ccccc1)OCO3. The normalized spacial score (nSPS) is 13.3. The maximum absolute atomic E-state index is 13.0. The van der Waals surface area contributed by atoms with E-state index in [9.17, 15) is 19.5 Å². The van der Waals surface area contributed by atoms with E-state index in [1.807, 2.05) is 0 Å². The molecule has 2 aromatic carbocycles. The number of nitrogens with one attached hydrogen (secondary N) is 2. The van der Waals surface area contributed by atoms with Crippen LogP contribution < -0.4 is 20.2 Å². The first kappa shape index (κ1) is 17.6. The van der Waals surface area contributed by atoms with E-state index < -0.39 is 23.3 Å². The first-order chi connectivity index (χ1) is 13.5. The van der Waals surface area contributed by atoms with Gasteiger partial charge in [-0.1, -0.05) is 30.3 Å². The molecule has 0 spiro atoms. The molecular formula is C20H16N2O6. The lowest BCUT2D eigenvalue weighted by molar-refractivity contribution is -0.139. The summed E-state index contributed by atoms with van der Waals surface area (Å²) in [6, 6.07) is 10.2. The Labute approximate surface area is 158 Å². The zero-order valence-electron chi connectivity index (χ0n) is 14.8. The molecule has 1 aliphatic rings. The zero-order chi connectivity index (χ0) is 19.8. The summed E-state index contributed by atoms with van der Waals surface area (Å²) in [6.45, 7) is 1.64. The highest BCUT2D eigenvalue weighted by Crippen LogP contribution is 2.34. The van der Waals surface area contributed by atoms with Crippen LogP contribution in [0.1, 0.15) is 27.7 Å². The van der Waals surface area contributed by atoms with Gasteiger partial charge in [0.15, 0.2) is 17.5 Å². The van der Waals surface area contributed by atoms with Crippen molar-refractivity contribution in [2.24, 2.45) is 0 Å². The highest BCUT2D eigenvalue weighted by atomic mass is 16.7. The van der Waals surface area contributed by atoms with Gasteiger partial charge in [0, 0.05) is 11.8 Å². The molecular weight excluding hydrogens is 364 g/mol. The Morgan fingerprint density at radius 1 is 1.14 bits per heavy atom. The molecule has 1 amide bonds. The number of aliphatic carboxylic acids is 1. The molecule has 3 aromatic rings. The number of aromatic amines is 1. The fourth-order valence-electron chi connectivity index (χ4n) is 3.21. The number of H-pyrrole nitrogens is 1. The Kier molecular flexibility index (Phi) is 4.23. The van der Waals surface area contributed by atoms with Crippen molar-refractivity contribution >= 4 is 22.8 Å². The first-order valence-corrected chi connectivity index (χ1v) is 8.50. The van der Waals surface area contributed by atoms with Gasteiger partial charge in [-0.3, -0.25) is 9.59 Å². The minimum atomic E-state index is -1.28. The molecule has 142 valence electrons. The molecule has 0 bridgehead atoms. The molecule has 0 aliphatic carbocycles. The molecule has 4 rings (SSSR count). The number of fused-ring (bicyclic) bond motifs is 2. The van der Waals surface area contributed by atoms with Gasteiger partial charge in [-0.15, -0.1) is 0 Å². The largest absolute Gasteiger partial charge is 0.479 e. The standard InChI is InChI=1S/C20H16N2O6/c1-10-16(19(24)22-17(20(25)26)11-5-3-2-4-6-11)18(23)12-7-14-15(28-9-27-14)8-13(12)21-10/h2-8,17H,9H2,1H3,(H,21,23)(H,22,24)(H,25,26). The summed E-state index contributed by atoms with van der Waals surface area (Å²) in [5.74, 6) is -1.07. The molecule has 8 nitrogen and oxygen atoms in total. The van der Waals surface area contributed by atoms with Crippen molar-refractivity contribution in [2.45, 2.75) is 13.0 Å². The van der Waals surface area contributed by atoms with E-state index in [0.29, 0.717) is 28.3 Å². The lowest BCUT2D eigenvalue weighted by Gasteiger charge is -2.16. The van der Waals surface area contributed by atoms with Gasteiger partial charge in [-0.25, -0.2) is 4.79 Å². The summed E-state index contributed by atoms with van der Waals surface area (Å²) in [7, 11) is 0. The van der Waals surface area contributed by atoms with Crippen LogP contribution >= 0.6 is 0 Å². The number of carbonyl (C=O) groups is 2. The van der Waals surface area contributed by atoms with E-state index in [2.05, 4.69) is 10.3 Å². The van der Waals surface area contributed by atoms with E-state index in [0.717, 1.165) is 0 Å². The number of carbonyl (C=O) groups excluding carboxylic acids is 1. The Bertz CT molecular complexity index is 1150. The Morgan fingerprint density at radius 2 is 1.82 bits per heavy atom. The zero-order valence-corrected chi connectivity index (χ0v) is 14.8. The van der Waals surface area contributed by atoms with E-state index in [1.54, 1.807) is 43.3 Å². The average Bonchev–Trinajstić information content (AvgIpc) is 3.12. The smallest absolute Gasteiger partial charge is 0.330 e. The topological polar surface area (TPSA) is 118 Å². The molecule has 1 atom stereocenters. The molecule has 1 aromatic heterocycles. The number of rotatable bonds is 4. The van der Waals surface area contributed by atoms with Crippen molar-refractivity contribution in [1.82, 2.24) is 10.3 Å². The Hall–Kier alpha value is -3.81. The fourth-order valence-corrected chi connectivity index (χ4v) is 3.21. The second-order valence-electron chi connectivity index (χ2n) is 6.36. The number of benzene rings is 2. The van der Waals surface area contributed by atoms with Crippen molar-refractivity contribution in [3.05, 3.63) is 69.5 Å². The first-order valence-electron chi connectivity index (χ1n) is 8.50. The lowest BCUT2D eigenvalue weighted by atomic mass is 10.0. The van der Waals surface area contributed by atoms with Crippen molar-refractivity contribution in [2.75, 3.05) is 6.79 Å². The summed E-state index contributed by atoms with van der Waals surface area (Å²) < 4.78 is 10.6. The number of carboxylic acids is 1. The molecule has 0 radical (unpaired) electrons. The van der Waals surface area contributed by atoms with Gasteiger partial charge in [0.25, 0.3) is 5.91 Å². The van der Waals surface area contributed by atoms with Crippen molar-refractivity contribution < 1.29 is 24.2 Å². The van der Waals surface area contributed by atoms with Gasteiger partial charge in [0.2, 0.25) is 12.2 Å². The second kappa shape index (κ2) is 6.73. The molecule has 8 heteroatoms. The van der Waals surface area contributed by atoms with Gasteiger partial charge in [-0.05, 0) is 18.6 Å². The fraction of sp³-hybridized carbons (Fsp3) is 0.150. The van der Waals surface area contributed by atoms with Crippen LogP contribution in [-0.4, -0.2) is 28.8 Å². The molecule has 0 saturated heterocycles. The second-order valence-corrected chi connectivity index (χ2v) is 6.36. The minimum Gasteiger partial charge on any atom is -0.479 e. The average molecular weight is 380 g/mol. The Morgan fingerprint density at radius 3 is 2.50 bits per heavy atom. The van der Waals surface area contributed by atoms with Crippen LogP contribution in [0.5, 0.6) is 11.5 Å². The van der Waals surface area contributed by atoms with Gasteiger partial charge < -0.3 is 24.9 Å². The molecule has 28 heavy (non-hydrogen) atoms. The quantitative estimate of drug-likeness (QED) is 0.638. The van der Waals surface area contributed by atoms with Crippen molar-refractivity contribution in [1.29, 1.82) is 0 Å². The summed E-state index contributed by atoms with van der Waals surface area (Å²) in [6.07, 6.45) is 0. The van der Waals surface area contributed by atoms with Crippen LogP contribution in [0.3, 0.4) is 0 Å². The van der Waals surface area contributed by atoms with Crippen LogP contribution in [0, 0.1) is 6.92 Å². The van der Waals surface area contributed by atoms with Gasteiger partial charge in [-0.2, -0.15) is 0 Å². The van der Waals surface area contributed by atoms with E-state index in [-0.39, 0.29) is 17.7 Å². The number of carboxylic acid groups (broad SMARTS) is 1. The van der Waals surface area contributed by atoms with Crippen LogP contribution in [0.2, 0.25) is 0 Å². The molecule has 3 N–H and O–H groups in total. The van der Waals surface area contributed by atoms with E-state index >= 15 is 0 Å². The number of aromatic nitrogens is 1. The summed E-state index contributed by atoms with van der Waals surface area (Å²) in [5, 5.41) is 12.2. The highest BCUT2D eigenvalue weighted by Gasteiger charge is 2.26. The maximum Gasteiger partial charge on any atom is 0.330 e. The van der Waals surface area contributed by atoms with Crippen LogP contribution in [0.4, 0.5) is 0 Å². The number of amides is 1. The number of hydrogen-bond donors (Lipinski definition) is 3. The summed E-state index contributed by atoms with van der Waals surface area (Å²) in [4.78, 5) is 40.4. The van der Waals surface area contributed by atoms with E-state index in [1.165, 1.54) is 6.07 Å². The molecule has 1 unspecified atom stereocenters. The van der Waals surface area contributed by atoms with Crippen LogP contribution in [-0.2, 0) is 4.79 Å². The predicted octanol–water partition coefficient (Wildman–Crippen LogP) is 2.12. The number of pyridine rings is 1. The molecule has 0 saturated carbocycles. The highest BCUT2D eigenvalue weighted by molar-refractivity contribution is 6.00. The predicted molar refractivity (Wildman–Crippen MR) is 99.7 cm³/mol. The monoisotopic (exact) mass is 380 g/mol. The molecule has 1 aliphatic heterocycles. The number of hydrogen-bond acceptors (Lipinski definition) is 5. The number of aryl methyl sites for hydroxylation is 1. The van der Waals surface area contributed by atoms with Crippen LogP contribution in [0.25, 0.3) is 10.9 Å². The maximum atomic E-state index is 13.0. The van der Waals surface area contributed by atoms with Crippen molar-refractivity contribution in [3.8, 4) is 11.5 Å². The van der Waals surface area contributed by atoms with Gasteiger partial charge >= 0.3 is 5.97 Å². The Balaban J connectivity index is 1.76. The van der Waals surface area contributed by atoms with Gasteiger partial charge in [0.05, 0.1) is 10.9 Å². The number of ether oxygens (including phenoxy) is 2. The van der Waals surface area contributed by atoms with Crippen LogP contribution in [0.15, 0.2) is 47.3 Å². The van der Waals surface area contributed by atoms with Gasteiger partial charge in [0.1, 0.15) is 5.56 Å².